The second-order valence-electron chi connectivity index (χ2n) is 4.09. The van der Waals surface area contributed by atoms with Crippen molar-refractivity contribution in [2.45, 2.75) is 33.1 Å². The van der Waals surface area contributed by atoms with Crippen LogP contribution in [0, 0.1) is 12.8 Å². The van der Waals surface area contributed by atoms with E-state index in [1.807, 2.05) is 6.92 Å². The number of carbonyl (C=O) groups is 2. The van der Waals surface area contributed by atoms with E-state index in [-0.39, 0.29) is 70.2 Å². The molecule has 0 fully saturated rings. The van der Waals surface area contributed by atoms with Gasteiger partial charge in [0.1, 0.15) is 6.61 Å². The SMILES string of the molecule is CC=CC(=O)OCC(CCC)C(=O)O.[CH2-]CCS(=O)(=O)O.[K+]. The third-order valence-electron chi connectivity index (χ3n) is 2.12. The predicted molar refractivity (Wildman–Crippen MR) is 78.2 cm³/mol. The molecule has 0 rings (SSSR count). The number of aliphatic carboxylic acids is 1. The second kappa shape index (κ2) is 16.1. The first-order chi connectivity index (χ1) is 9.67. The fraction of sp³-hybridized carbons (Fsp3) is 0.615. The van der Waals surface area contributed by atoms with Gasteiger partial charge in [-0.2, -0.15) is 14.8 Å². The molecule has 2 N–H and O–H groups in total. The van der Waals surface area contributed by atoms with Crippen molar-refractivity contribution >= 4 is 22.1 Å². The number of allylic oxidation sites excluding steroid dienone is 1. The summed E-state index contributed by atoms with van der Waals surface area (Å²) in [6, 6.07) is 0. The maximum absolute atomic E-state index is 10.9. The molecule has 1 unspecified atom stereocenters. The van der Waals surface area contributed by atoms with Crippen molar-refractivity contribution in [2.24, 2.45) is 5.92 Å². The monoisotopic (exact) mass is 362 g/mol. The van der Waals surface area contributed by atoms with Crippen LogP contribution in [0.15, 0.2) is 12.2 Å². The molecule has 124 valence electrons. The standard InChI is InChI=1S/C10H16O4.C3H7O3S.K/c1-3-5-8(10(12)13)7-14-9(11)6-4-2;1-2-3-7(4,5)6;/h4,6,8H,3,5,7H2,1-2H3,(H,12,13);1-3H2,(H,4,5,6);/q;-1;+1. The van der Waals surface area contributed by atoms with Crippen LogP contribution < -0.4 is 51.4 Å². The molecule has 7 nitrogen and oxygen atoms in total. The van der Waals surface area contributed by atoms with Gasteiger partial charge in [-0.3, -0.25) is 9.35 Å². The maximum Gasteiger partial charge on any atom is 1.00 e. The van der Waals surface area contributed by atoms with Gasteiger partial charge in [0.15, 0.2) is 0 Å². The molecule has 0 radical (unpaired) electrons. The second-order valence-corrected chi connectivity index (χ2v) is 5.67. The Kier molecular flexibility index (Phi) is 19.8. The Morgan fingerprint density at radius 2 is 1.91 bits per heavy atom. The Bertz CT molecular complexity index is 432. The van der Waals surface area contributed by atoms with E-state index in [4.69, 9.17) is 14.4 Å². The summed E-state index contributed by atoms with van der Waals surface area (Å²) in [7, 11) is -3.74. The molecule has 0 aliphatic heterocycles. The summed E-state index contributed by atoms with van der Waals surface area (Å²) in [4.78, 5) is 21.5. The smallest absolute Gasteiger partial charge is 0.481 e. The van der Waals surface area contributed by atoms with Crippen molar-refractivity contribution in [2.75, 3.05) is 12.4 Å². The molecule has 0 bridgehead atoms. The first kappa shape index (κ1) is 27.1. The fourth-order valence-electron chi connectivity index (χ4n) is 1.18. The number of carbonyl (C=O) groups excluding carboxylic acids is 1. The number of esters is 1. The van der Waals surface area contributed by atoms with E-state index in [0.717, 1.165) is 6.42 Å². The van der Waals surface area contributed by atoms with Crippen molar-refractivity contribution in [3.05, 3.63) is 19.1 Å². The van der Waals surface area contributed by atoms with Crippen LogP contribution in [-0.2, 0) is 24.4 Å². The number of hydrogen-bond donors (Lipinski definition) is 2. The minimum absolute atomic E-state index is 0. The minimum Gasteiger partial charge on any atom is -0.481 e. The Morgan fingerprint density at radius 3 is 2.18 bits per heavy atom. The number of rotatable bonds is 8. The molecule has 0 aliphatic rings. The van der Waals surface area contributed by atoms with E-state index in [0.29, 0.717) is 6.42 Å². The van der Waals surface area contributed by atoms with Crippen molar-refractivity contribution in [3.8, 4) is 0 Å². The summed E-state index contributed by atoms with van der Waals surface area (Å²) in [6.45, 7) is 6.77. The summed E-state index contributed by atoms with van der Waals surface area (Å²) in [5.41, 5.74) is 0. The van der Waals surface area contributed by atoms with E-state index < -0.39 is 28.0 Å². The molecule has 1 atom stereocenters. The topological polar surface area (TPSA) is 118 Å². The molecule has 9 heteroatoms. The van der Waals surface area contributed by atoms with E-state index >= 15 is 0 Å². The summed E-state index contributed by atoms with van der Waals surface area (Å²) >= 11 is 0. The van der Waals surface area contributed by atoms with Crippen LogP contribution in [0.25, 0.3) is 0 Å². The first-order valence-electron chi connectivity index (χ1n) is 6.44. The van der Waals surface area contributed by atoms with Gasteiger partial charge in [0.2, 0.25) is 0 Å². The van der Waals surface area contributed by atoms with Crippen LogP contribution in [0.3, 0.4) is 0 Å². The molecular formula is C13H23KO7S. The van der Waals surface area contributed by atoms with E-state index in [1.54, 1.807) is 13.0 Å². The molecule has 0 spiro atoms. The van der Waals surface area contributed by atoms with Gasteiger partial charge in [0.25, 0.3) is 10.1 Å². The van der Waals surface area contributed by atoms with Crippen LogP contribution in [0.5, 0.6) is 0 Å². The summed E-state index contributed by atoms with van der Waals surface area (Å²) in [5, 5.41) is 8.74. The average Bonchev–Trinajstić information content (AvgIpc) is 2.33. The Morgan fingerprint density at radius 1 is 1.36 bits per heavy atom. The third kappa shape index (κ3) is 20.2. The predicted octanol–water partition coefficient (Wildman–Crippen LogP) is -1.29. The molecule has 0 aromatic carbocycles. The van der Waals surface area contributed by atoms with Gasteiger partial charge in [-0.15, -0.1) is 0 Å². The van der Waals surface area contributed by atoms with Crippen LogP contribution >= 0.6 is 0 Å². The first-order valence-corrected chi connectivity index (χ1v) is 8.05. The number of hydrogen-bond acceptors (Lipinski definition) is 5. The van der Waals surface area contributed by atoms with E-state index in [1.165, 1.54) is 6.08 Å². The molecule has 0 aliphatic carbocycles. The summed E-state index contributed by atoms with van der Waals surface area (Å²) < 4.78 is 32.2. The summed E-state index contributed by atoms with van der Waals surface area (Å²) in [6.07, 6.45) is 4.33. The van der Waals surface area contributed by atoms with Gasteiger partial charge in [0.05, 0.1) is 5.92 Å². The molecule has 0 saturated heterocycles. The number of carboxylic acid groups (broad SMARTS) is 1. The van der Waals surface area contributed by atoms with Gasteiger partial charge in [0, 0.05) is 11.8 Å². The third-order valence-corrected chi connectivity index (χ3v) is 2.92. The minimum atomic E-state index is -3.74. The van der Waals surface area contributed by atoms with Crippen LogP contribution in [0.1, 0.15) is 33.1 Å². The fourth-order valence-corrected chi connectivity index (χ4v) is 1.54. The van der Waals surface area contributed by atoms with Crippen LogP contribution in [-0.4, -0.2) is 42.4 Å². The summed E-state index contributed by atoms with van der Waals surface area (Å²) in [5.74, 6) is -2.24. The maximum atomic E-state index is 10.9. The van der Waals surface area contributed by atoms with Crippen LogP contribution in [0.2, 0.25) is 0 Å². The molecule has 0 amide bonds. The normalized spacial score (nSPS) is 11.8. The van der Waals surface area contributed by atoms with Gasteiger partial charge < -0.3 is 16.8 Å². The van der Waals surface area contributed by atoms with Gasteiger partial charge in [-0.1, -0.05) is 19.4 Å². The number of carboxylic acids is 1. The van der Waals surface area contributed by atoms with Crippen LogP contribution in [0.4, 0.5) is 0 Å². The molecule has 0 aromatic heterocycles. The Hall–Kier alpha value is 0.226. The van der Waals surface area contributed by atoms with E-state index in [9.17, 15) is 18.0 Å². The van der Waals surface area contributed by atoms with Crippen molar-refractivity contribution in [1.29, 1.82) is 0 Å². The van der Waals surface area contributed by atoms with Crippen molar-refractivity contribution < 1.29 is 83.8 Å². The number of ether oxygens (including phenoxy) is 1. The van der Waals surface area contributed by atoms with Gasteiger partial charge >= 0.3 is 63.3 Å². The van der Waals surface area contributed by atoms with Crippen molar-refractivity contribution in [3.63, 3.8) is 0 Å². The molecular weight excluding hydrogens is 339 g/mol. The van der Waals surface area contributed by atoms with Gasteiger partial charge in [-0.05, 0) is 13.3 Å². The zero-order valence-electron chi connectivity index (χ0n) is 13.3. The largest absolute Gasteiger partial charge is 1.00 e. The van der Waals surface area contributed by atoms with E-state index in [2.05, 4.69) is 6.92 Å². The molecule has 0 heterocycles. The zero-order valence-corrected chi connectivity index (χ0v) is 17.3. The Labute approximate surface area is 174 Å². The molecule has 0 aromatic rings. The Balaban J connectivity index is -0.000000385. The quantitative estimate of drug-likeness (QED) is 0.181. The average molecular weight is 362 g/mol. The van der Waals surface area contributed by atoms with Gasteiger partial charge in [-0.25, -0.2) is 4.79 Å². The van der Waals surface area contributed by atoms with Crippen molar-refractivity contribution in [1.82, 2.24) is 0 Å². The zero-order chi connectivity index (χ0) is 16.9. The molecule has 22 heavy (non-hydrogen) atoms. The molecule has 0 saturated carbocycles.